The highest BCUT2D eigenvalue weighted by atomic mass is 16.6. The molecule has 1 aromatic carbocycles. The van der Waals surface area contributed by atoms with E-state index >= 15 is 0 Å². The highest BCUT2D eigenvalue weighted by Crippen LogP contribution is 2.27. The second kappa shape index (κ2) is 5.48. The Morgan fingerprint density at radius 3 is 2.78 bits per heavy atom. The van der Waals surface area contributed by atoms with Gasteiger partial charge in [0.25, 0.3) is 5.69 Å². The van der Waals surface area contributed by atoms with Gasteiger partial charge in [0, 0.05) is 36.5 Å². The number of nitro groups is 1. The van der Waals surface area contributed by atoms with Crippen LogP contribution in [0.4, 0.5) is 11.4 Å². The van der Waals surface area contributed by atoms with Gasteiger partial charge >= 0.3 is 0 Å². The highest BCUT2D eigenvalue weighted by molar-refractivity contribution is 5.89. The molecule has 0 N–H and O–H groups in total. The second-order valence-corrected chi connectivity index (χ2v) is 4.11. The van der Waals surface area contributed by atoms with Gasteiger partial charge in [-0.15, -0.1) is 0 Å². The third-order valence-corrected chi connectivity index (χ3v) is 2.97. The molecular weight excluding hydrogens is 234 g/mol. The van der Waals surface area contributed by atoms with Gasteiger partial charge in [-0.1, -0.05) is 5.16 Å². The molecule has 1 heterocycles. The summed E-state index contributed by atoms with van der Waals surface area (Å²) in [7, 11) is 1.45. The zero-order valence-electron chi connectivity index (χ0n) is 10.2. The van der Waals surface area contributed by atoms with Gasteiger partial charge < -0.3 is 9.74 Å². The number of nitrogens with zero attached hydrogens (tertiary/aromatic N) is 3. The fourth-order valence-corrected chi connectivity index (χ4v) is 2.11. The molecule has 0 atom stereocenters. The van der Waals surface area contributed by atoms with Crippen molar-refractivity contribution in [1.29, 1.82) is 0 Å². The molecule has 6 heteroatoms. The summed E-state index contributed by atoms with van der Waals surface area (Å²) in [5, 5.41) is 14.5. The normalized spacial score (nSPS) is 15.3. The molecule has 0 radical (unpaired) electrons. The molecule has 0 spiro atoms. The minimum Gasteiger partial charge on any atom is -0.399 e. The van der Waals surface area contributed by atoms with Gasteiger partial charge in [0.2, 0.25) is 0 Å². The summed E-state index contributed by atoms with van der Waals surface area (Å²) in [6.45, 7) is 1.96. The number of hydrogen-bond acceptors (Lipinski definition) is 5. The fraction of sp³-hybridized carbons (Fsp3) is 0.417. The molecule has 1 aliphatic heterocycles. The Morgan fingerprint density at radius 2 is 2.17 bits per heavy atom. The Kier molecular flexibility index (Phi) is 3.76. The van der Waals surface area contributed by atoms with E-state index < -0.39 is 4.92 Å². The van der Waals surface area contributed by atoms with Crippen LogP contribution in [0.15, 0.2) is 23.4 Å². The second-order valence-electron chi connectivity index (χ2n) is 4.11. The Bertz CT molecular complexity index is 468. The Morgan fingerprint density at radius 1 is 1.44 bits per heavy atom. The molecule has 18 heavy (non-hydrogen) atoms. The lowest BCUT2D eigenvalue weighted by molar-refractivity contribution is -0.384. The molecule has 2 rings (SSSR count). The van der Waals surface area contributed by atoms with Gasteiger partial charge in [-0.05, 0) is 18.9 Å². The fourth-order valence-electron chi connectivity index (χ4n) is 2.11. The van der Waals surface area contributed by atoms with Crippen LogP contribution in [-0.4, -0.2) is 31.3 Å². The van der Waals surface area contributed by atoms with E-state index in [1.807, 2.05) is 0 Å². The van der Waals surface area contributed by atoms with E-state index in [-0.39, 0.29) is 5.69 Å². The van der Waals surface area contributed by atoms with Crippen LogP contribution in [0, 0.1) is 10.1 Å². The third-order valence-electron chi connectivity index (χ3n) is 2.97. The van der Waals surface area contributed by atoms with E-state index in [0.717, 1.165) is 31.6 Å². The van der Waals surface area contributed by atoms with Gasteiger partial charge in [0.1, 0.15) is 7.11 Å². The Labute approximate surface area is 105 Å². The van der Waals surface area contributed by atoms with E-state index in [0.29, 0.717) is 5.56 Å². The summed E-state index contributed by atoms with van der Waals surface area (Å²) in [6, 6.07) is 4.83. The highest BCUT2D eigenvalue weighted by Gasteiger charge is 2.17. The van der Waals surface area contributed by atoms with Crippen molar-refractivity contribution in [3.05, 3.63) is 33.9 Å². The van der Waals surface area contributed by atoms with Crippen molar-refractivity contribution in [2.24, 2.45) is 5.16 Å². The maximum Gasteiger partial charge on any atom is 0.270 e. The maximum absolute atomic E-state index is 10.8. The maximum atomic E-state index is 10.8. The number of nitro benzene ring substituents is 1. The van der Waals surface area contributed by atoms with Crippen molar-refractivity contribution >= 4 is 17.6 Å². The summed E-state index contributed by atoms with van der Waals surface area (Å²) >= 11 is 0. The predicted molar refractivity (Wildman–Crippen MR) is 69.1 cm³/mol. The summed E-state index contributed by atoms with van der Waals surface area (Å²) in [5.74, 6) is 0. The van der Waals surface area contributed by atoms with Crippen molar-refractivity contribution < 1.29 is 9.76 Å². The van der Waals surface area contributed by atoms with Crippen LogP contribution in [0.2, 0.25) is 0 Å². The van der Waals surface area contributed by atoms with Gasteiger partial charge in [0.15, 0.2) is 0 Å². The van der Waals surface area contributed by atoms with E-state index in [1.165, 1.54) is 25.5 Å². The summed E-state index contributed by atoms with van der Waals surface area (Å²) in [4.78, 5) is 17.2. The first-order chi connectivity index (χ1) is 8.72. The molecule has 1 aromatic rings. The van der Waals surface area contributed by atoms with E-state index in [2.05, 4.69) is 14.9 Å². The molecular formula is C12H15N3O3. The zero-order valence-corrected chi connectivity index (χ0v) is 10.2. The average Bonchev–Trinajstić information content (AvgIpc) is 2.89. The van der Waals surface area contributed by atoms with Gasteiger partial charge in [0.05, 0.1) is 11.1 Å². The molecule has 96 valence electrons. The van der Waals surface area contributed by atoms with Crippen LogP contribution in [-0.2, 0) is 4.84 Å². The van der Waals surface area contributed by atoms with Crippen LogP contribution in [0.25, 0.3) is 0 Å². The van der Waals surface area contributed by atoms with Crippen molar-refractivity contribution in [2.75, 3.05) is 25.1 Å². The largest absolute Gasteiger partial charge is 0.399 e. The van der Waals surface area contributed by atoms with Crippen molar-refractivity contribution in [1.82, 2.24) is 0 Å². The Hall–Kier alpha value is -2.11. The molecule has 0 saturated carbocycles. The monoisotopic (exact) mass is 249 g/mol. The number of anilines is 1. The molecule has 6 nitrogen and oxygen atoms in total. The smallest absolute Gasteiger partial charge is 0.270 e. The Balaban J connectivity index is 2.37. The van der Waals surface area contributed by atoms with Crippen LogP contribution >= 0.6 is 0 Å². The molecule has 0 bridgehead atoms. The minimum atomic E-state index is -0.405. The topological polar surface area (TPSA) is 68.0 Å². The number of oxime groups is 1. The lowest BCUT2D eigenvalue weighted by Crippen LogP contribution is -2.19. The molecule has 1 aliphatic rings. The van der Waals surface area contributed by atoms with Crippen LogP contribution in [0.1, 0.15) is 18.4 Å². The summed E-state index contributed by atoms with van der Waals surface area (Å²) in [6.07, 6.45) is 3.82. The van der Waals surface area contributed by atoms with Crippen LogP contribution < -0.4 is 4.90 Å². The van der Waals surface area contributed by atoms with Crippen molar-refractivity contribution in [3.8, 4) is 0 Å². The summed E-state index contributed by atoms with van der Waals surface area (Å²) < 4.78 is 0. The quantitative estimate of drug-likeness (QED) is 0.466. The van der Waals surface area contributed by atoms with Gasteiger partial charge in [-0.3, -0.25) is 10.1 Å². The molecule has 1 fully saturated rings. The van der Waals surface area contributed by atoms with Crippen LogP contribution in [0.3, 0.4) is 0 Å². The zero-order chi connectivity index (χ0) is 13.0. The van der Waals surface area contributed by atoms with Crippen molar-refractivity contribution in [2.45, 2.75) is 12.8 Å². The lowest BCUT2D eigenvalue weighted by atomic mass is 10.1. The van der Waals surface area contributed by atoms with E-state index in [1.54, 1.807) is 6.07 Å². The molecule has 1 saturated heterocycles. The molecule has 0 aliphatic carbocycles. The van der Waals surface area contributed by atoms with E-state index in [4.69, 9.17) is 0 Å². The number of rotatable bonds is 4. The van der Waals surface area contributed by atoms with Crippen molar-refractivity contribution in [3.63, 3.8) is 0 Å². The minimum absolute atomic E-state index is 0.0653. The molecule has 0 unspecified atom stereocenters. The van der Waals surface area contributed by atoms with E-state index in [9.17, 15) is 10.1 Å². The standard InChI is InChI=1S/C12H15N3O3/c1-18-13-9-10-8-11(15(16)17)4-5-12(10)14-6-2-3-7-14/h4-5,8-9H,2-3,6-7H2,1H3/b13-9+. The van der Waals surface area contributed by atoms with Crippen LogP contribution in [0.5, 0.6) is 0 Å². The predicted octanol–water partition coefficient (Wildman–Crippen LogP) is 2.18. The number of benzene rings is 1. The van der Waals surface area contributed by atoms with Gasteiger partial charge in [-0.2, -0.15) is 0 Å². The first kappa shape index (κ1) is 12.3. The first-order valence-electron chi connectivity index (χ1n) is 5.82. The molecule has 0 amide bonds. The summed E-state index contributed by atoms with van der Waals surface area (Å²) in [5.41, 5.74) is 1.75. The lowest BCUT2D eigenvalue weighted by Gasteiger charge is -2.19. The number of non-ortho nitro benzene ring substituents is 1. The average molecular weight is 249 g/mol. The van der Waals surface area contributed by atoms with Gasteiger partial charge in [-0.25, -0.2) is 0 Å². The SMILES string of the molecule is CO/N=C/c1cc([N+](=O)[O-])ccc1N1CCCC1. The third kappa shape index (κ3) is 2.58. The number of hydrogen-bond donors (Lipinski definition) is 0. The molecule has 0 aromatic heterocycles. The first-order valence-corrected chi connectivity index (χ1v) is 5.82.